The fourth-order valence-electron chi connectivity index (χ4n) is 2.66. The Kier molecular flexibility index (Phi) is 5.24. The van der Waals surface area contributed by atoms with Crippen LogP contribution in [0.15, 0.2) is 24.3 Å². The highest BCUT2D eigenvalue weighted by Gasteiger charge is 2.27. The third kappa shape index (κ3) is 4.43. The minimum absolute atomic E-state index is 0.0101. The zero-order valence-electron chi connectivity index (χ0n) is 12.8. The number of para-hydroxylation sites is 1. The van der Waals surface area contributed by atoms with Crippen LogP contribution in [0, 0.1) is 5.92 Å². The molecule has 1 aromatic rings. The number of hydrogen-bond donors (Lipinski definition) is 1. The molecule has 0 spiro atoms. The lowest BCUT2D eigenvalue weighted by Crippen LogP contribution is -2.49. The first-order valence-corrected chi connectivity index (χ1v) is 9.03. The number of anilines is 1. The minimum Gasteiger partial charge on any atom is -0.398 e. The number of nitrogens with two attached hydrogens (primary N) is 1. The van der Waals surface area contributed by atoms with Gasteiger partial charge in [-0.25, -0.2) is 8.42 Å². The van der Waals surface area contributed by atoms with E-state index in [1.165, 1.54) is 0 Å². The fraction of sp³-hybridized carbons (Fsp3) is 0.600. The molecule has 0 aliphatic carbocycles. The summed E-state index contributed by atoms with van der Waals surface area (Å²) in [5, 5.41) is 0. The van der Waals surface area contributed by atoms with Crippen molar-refractivity contribution in [1.82, 2.24) is 9.21 Å². The van der Waals surface area contributed by atoms with Crippen LogP contribution in [-0.4, -0.2) is 50.3 Å². The van der Waals surface area contributed by atoms with Crippen LogP contribution in [0.25, 0.3) is 0 Å². The number of hydrogen-bond acceptors (Lipinski definition) is 4. The Hall–Kier alpha value is -1.11. The van der Waals surface area contributed by atoms with Gasteiger partial charge in [0.05, 0.1) is 5.75 Å². The monoisotopic (exact) mass is 311 g/mol. The second kappa shape index (κ2) is 6.77. The smallest absolute Gasteiger partial charge is 0.218 e. The van der Waals surface area contributed by atoms with Crippen molar-refractivity contribution in [2.75, 3.05) is 38.5 Å². The van der Waals surface area contributed by atoms with Crippen LogP contribution in [0.5, 0.6) is 0 Å². The van der Waals surface area contributed by atoms with E-state index in [1.807, 2.05) is 12.1 Å². The first kappa shape index (κ1) is 16.3. The Balaban J connectivity index is 1.97. The largest absolute Gasteiger partial charge is 0.398 e. The van der Waals surface area contributed by atoms with E-state index < -0.39 is 10.0 Å². The van der Waals surface area contributed by atoms with Gasteiger partial charge in [-0.05, 0) is 17.5 Å². The summed E-state index contributed by atoms with van der Waals surface area (Å²) in [6.07, 6.45) is 0. The number of benzene rings is 1. The Morgan fingerprint density at radius 2 is 1.76 bits per heavy atom. The van der Waals surface area contributed by atoms with E-state index in [4.69, 9.17) is 5.73 Å². The summed E-state index contributed by atoms with van der Waals surface area (Å²) in [5.74, 6) is 0.599. The van der Waals surface area contributed by atoms with Gasteiger partial charge in [0.15, 0.2) is 0 Å². The molecule has 0 amide bonds. The van der Waals surface area contributed by atoms with E-state index in [9.17, 15) is 8.42 Å². The molecule has 0 aromatic heterocycles. The summed E-state index contributed by atoms with van der Waals surface area (Å²) in [5.41, 5.74) is 7.07. The van der Waals surface area contributed by atoms with Crippen LogP contribution in [-0.2, 0) is 15.8 Å². The first-order chi connectivity index (χ1) is 9.88. The third-order valence-corrected chi connectivity index (χ3v) is 5.57. The predicted octanol–water partition coefficient (Wildman–Crippen LogP) is 1.37. The molecule has 0 bridgehead atoms. The molecule has 1 aliphatic rings. The minimum atomic E-state index is -3.28. The quantitative estimate of drug-likeness (QED) is 0.834. The van der Waals surface area contributed by atoms with Crippen molar-refractivity contribution in [3.05, 3.63) is 29.8 Å². The average Bonchev–Trinajstić information content (AvgIpc) is 2.41. The Morgan fingerprint density at radius 1 is 1.14 bits per heavy atom. The normalized spacial score (nSPS) is 18.2. The van der Waals surface area contributed by atoms with Crippen molar-refractivity contribution >= 4 is 15.7 Å². The molecule has 1 saturated heterocycles. The summed E-state index contributed by atoms with van der Waals surface area (Å²) < 4.78 is 26.6. The molecule has 5 nitrogen and oxygen atoms in total. The molecule has 1 fully saturated rings. The van der Waals surface area contributed by atoms with Gasteiger partial charge in [-0.1, -0.05) is 32.0 Å². The number of rotatable bonds is 5. The van der Waals surface area contributed by atoms with Crippen molar-refractivity contribution in [3.63, 3.8) is 0 Å². The molecule has 2 rings (SSSR count). The standard InChI is InChI=1S/C15H25N3O2S/c1-13(2)11-17-7-9-18(10-8-17)21(19,20)12-14-5-3-4-6-15(14)16/h3-6,13H,7-12,16H2,1-2H3. The van der Waals surface area contributed by atoms with Gasteiger partial charge in [0.25, 0.3) is 0 Å². The van der Waals surface area contributed by atoms with Crippen molar-refractivity contribution < 1.29 is 8.42 Å². The predicted molar refractivity (Wildman–Crippen MR) is 86.3 cm³/mol. The van der Waals surface area contributed by atoms with E-state index in [1.54, 1.807) is 16.4 Å². The van der Waals surface area contributed by atoms with E-state index in [2.05, 4.69) is 18.7 Å². The maximum absolute atomic E-state index is 12.5. The lowest BCUT2D eigenvalue weighted by Gasteiger charge is -2.34. The summed E-state index contributed by atoms with van der Waals surface area (Å²) >= 11 is 0. The molecule has 1 aromatic carbocycles. The molecule has 6 heteroatoms. The SMILES string of the molecule is CC(C)CN1CCN(S(=O)(=O)Cc2ccccc2N)CC1. The molecular formula is C15H25N3O2S. The summed E-state index contributed by atoms with van der Waals surface area (Å²) in [4.78, 5) is 2.33. The highest BCUT2D eigenvalue weighted by atomic mass is 32.2. The Labute approximate surface area is 127 Å². The third-order valence-electron chi connectivity index (χ3n) is 3.74. The Morgan fingerprint density at radius 3 is 2.33 bits per heavy atom. The highest BCUT2D eigenvalue weighted by Crippen LogP contribution is 2.18. The van der Waals surface area contributed by atoms with Gasteiger partial charge in [-0.3, -0.25) is 0 Å². The second-order valence-corrected chi connectivity index (χ2v) is 8.02. The van der Waals surface area contributed by atoms with E-state index in [-0.39, 0.29) is 5.75 Å². The first-order valence-electron chi connectivity index (χ1n) is 7.42. The van der Waals surface area contributed by atoms with Crippen LogP contribution in [0.2, 0.25) is 0 Å². The molecule has 1 heterocycles. The van der Waals surface area contributed by atoms with Gasteiger partial charge in [0.2, 0.25) is 10.0 Å². The summed E-state index contributed by atoms with van der Waals surface area (Å²) in [7, 11) is -3.28. The van der Waals surface area contributed by atoms with Crippen LogP contribution in [0.3, 0.4) is 0 Å². The lowest BCUT2D eigenvalue weighted by molar-refractivity contribution is 0.172. The van der Waals surface area contributed by atoms with Gasteiger partial charge >= 0.3 is 0 Å². The maximum atomic E-state index is 12.5. The van der Waals surface area contributed by atoms with Crippen LogP contribution < -0.4 is 5.73 Å². The van der Waals surface area contributed by atoms with Gasteiger partial charge in [-0.2, -0.15) is 4.31 Å². The average molecular weight is 311 g/mol. The van der Waals surface area contributed by atoms with Crippen LogP contribution in [0.1, 0.15) is 19.4 Å². The number of sulfonamides is 1. The topological polar surface area (TPSA) is 66.6 Å². The molecule has 2 N–H and O–H groups in total. The molecule has 0 atom stereocenters. The van der Waals surface area contributed by atoms with Crippen molar-refractivity contribution in [1.29, 1.82) is 0 Å². The summed E-state index contributed by atoms with van der Waals surface area (Å²) in [6.45, 7) is 8.15. The lowest BCUT2D eigenvalue weighted by atomic mass is 10.2. The molecule has 21 heavy (non-hydrogen) atoms. The van der Waals surface area contributed by atoms with Crippen molar-refractivity contribution in [3.8, 4) is 0 Å². The molecular weight excluding hydrogens is 286 g/mol. The summed E-state index contributed by atoms with van der Waals surface area (Å²) in [6, 6.07) is 7.16. The van der Waals surface area contributed by atoms with Gasteiger partial charge in [0.1, 0.15) is 0 Å². The fourth-order valence-corrected chi connectivity index (χ4v) is 4.22. The molecule has 0 radical (unpaired) electrons. The van der Waals surface area contributed by atoms with E-state index in [0.717, 1.165) is 19.6 Å². The number of piperazine rings is 1. The molecule has 0 saturated carbocycles. The highest BCUT2D eigenvalue weighted by molar-refractivity contribution is 7.88. The van der Waals surface area contributed by atoms with Gasteiger partial charge in [0, 0.05) is 38.4 Å². The van der Waals surface area contributed by atoms with Crippen LogP contribution in [0.4, 0.5) is 5.69 Å². The molecule has 0 unspecified atom stereocenters. The molecule has 1 aliphatic heterocycles. The van der Waals surface area contributed by atoms with Crippen molar-refractivity contribution in [2.45, 2.75) is 19.6 Å². The number of nitrogen functional groups attached to an aromatic ring is 1. The van der Waals surface area contributed by atoms with Gasteiger partial charge < -0.3 is 10.6 Å². The molecule has 118 valence electrons. The van der Waals surface area contributed by atoms with Crippen molar-refractivity contribution in [2.24, 2.45) is 5.92 Å². The van der Waals surface area contributed by atoms with Gasteiger partial charge in [-0.15, -0.1) is 0 Å². The number of nitrogens with zero attached hydrogens (tertiary/aromatic N) is 2. The maximum Gasteiger partial charge on any atom is 0.218 e. The van der Waals surface area contributed by atoms with E-state index in [0.29, 0.717) is 30.3 Å². The van der Waals surface area contributed by atoms with E-state index >= 15 is 0 Å². The zero-order chi connectivity index (χ0) is 15.5. The Bertz CT molecular complexity index is 564. The zero-order valence-corrected chi connectivity index (χ0v) is 13.6. The second-order valence-electron chi connectivity index (χ2n) is 6.05. The van der Waals surface area contributed by atoms with Crippen LogP contribution >= 0.6 is 0 Å².